The van der Waals surface area contributed by atoms with E-state index in [0.29, 0.717) is 20.1 Å². The van der Waals surface area contributed by atoms with Gasteiger partial charge in [-0.15, -0.1) is 0 Å². The van der Waals surface area contributed by atoms with Crippen molar-refractivity contribution in [2.24, 2.45) is 0 Å². The summed E-state index contributed by atoms with van der Waals surface area (Å²) in [6.07, 6.45) is 0. The highest BCUT2D eigenvalue weighted by Gasteiger charge is 2.06. The van der Waals surface area contributed by atoms with Gasteiger partial charge in [-0.1, -0.05) is 52.5 Å². The van der Waals surface area contributed by atoms with Crippen LogP contribution in [0.5, 0.6) is 0 Å². The third-order valence-corrected chi connectivity index (χ3v) is 3.09. The molecule has 0 amide bonds. The van der Waals surface area contributed by atoms with E-state index in [1.54, 1.807) is 18.2 Å². The van der Waals surface area contributed by atoms with Crippen molar-refractivity contribution in [1.82, 2.24) is 0 Å². The Kier molecular flexibility index (Phi) is 3.66. The predicted molar refractivity (Wildman–Crippen MR) is 71.9 cm³/mol. The minimum Gasteiger partial charge on any atom is -0.0843 e. The van der Waals surface area contributed by atoms with Crippen LogP contribution in [0.4, 0.5) is 0 Å². The monoisotopic (exact) mass is 290 g/mol. The van der Waals surface area contributed by atoms with E-state index in [2.05, 4.69) is 0 Å². The third-order valence-electron chi connectivity index (χ3n) is 2.10. The molecule has 0 saturated carbocycles. The summed E-state index contributed by atoms with van der Waals surface area (Å²) >= 11 is 23.8. The molecule has 0 aliphatic carbocycles. The number of rotatable bonds is 1. The second kappa shape index (κ2) is 4.85. The molecule has 0 nitrogen and oxygen atoms in total. The van der Waals surface area contributed by atoms with Gasteiger partial charge in [0.2, 0.25) is 0 Å². The Morgan fingerprint density at radius 3 is 1.81 bits per heavy atom. The van der Waals surface area contributed by atoms with Crippen LogP contribution in [0, 0.1) is 0 Å². The van der Waals surface area contributed by atoms with E-state index in [0.717, 1.165) is 11.1 Å². The minimum atomic E-state index is 0.575. The molecule has 0 N–H and O–H groups in total. The molecule has 0 radical (unpaired) electrons. The first-order valence-corrected chi connectivity index (χ1v) is 5.99. The average molecular weight is 292 g/mol. The van der Waals surface area contributed by atoms with Crippen molar-refractivity contribution in [3.63, 3.8) is 0 Å². The molecule has 0 aliphatic heterocycles. The topological polar surface area (TPSA) is 0 Å². The lowest BCUT2D eigenvalue weighted by molar-refractivity contribution is 1.61. The van der Waals surface area contributed by atoms with Gasteiger partial charge >= 0.3 is 0 Å². The minimum absolute atomic E-state index is 0.575. The molecule has 2 aromatic carbocycles. The molecule has 0 aromatic heterocycles. The summed E-state index contributed by atoms with van der Waals surface area (Å²) in [6.45, 7) is 0. The average Bonchev–Trinajstić information content (AvgIpc) is 2.15. The summed E-state index contributed by atoms with van der Waals surface area (Å²) in [5.41, 5.74) is 1.73. The van der Waals surface area contributed by atoms with E-state index in [1.165, 1.54) is 0 Å². The Labute approximate surface area is 114 Å². The normalized spacial score (nSPS) is 10.5. The van der Waals surface area contributed by atoms with Crippen LogP contribution < -0.4 is 0 Å². The van der Waals surface area contributed by atoms with Crippen molar-refractivity contribution in [2.75, 3.05) is 0 Å². The molecule has 2 aromatic rings. The lowest BCUT2D eigenvalue weighted by Crippen LogP contribution is -1.80. The molecular weight excluding hydrogens is 286 g/mol. The Morgan fingerprint density at radius 1 is 0.625 bits per heavy atom. The highest BCUT2D eigenvalue weighted by Crippen LogP contribution is 2.33. The Balaban J connectivity index is 2.58. The molecule has 0 unspecified atom stereocenters. The van der Waals surface area contributed by atoms with Crippen molar-refractivity contribution < 1.29 is 0 Å². The van der Waals surface area contributed by atoms with Crippen LogP contribution in [-0.4, -0.2) is 0 Å². The van der Waals surface area contributed by atoms with Gasteiger partial charge in [-0.3, -0.25) is 0 Å². The summed E-state index contributed by atoms with van der Waals surface area (Å²) in [5.74, 6) is 0. The maximum absolute atomic E-state index is 6.10. The fourth-order valence-corrected chi connectivity index (χ4v) is 2.48. The maximum Gasteiger partial charge on any atom is 0.0499 e. The molecule has 0 heterocycles. The maximum atomic E-state index is 6.10. The Morgan fingerprint density at radius 2 is 1.25 bits per heavy atom. The fourth-order valence-electron chi connectivity index (χ4n) is 1.43. The molecule has 4 heteroatoms. The van der Waals surface area contributed by atoms with E-state index in [1.807, 2.05) is 18.2 Å². The smallest absolute Gasteiger partial charge is 0.0499 e. The fraction of sp³-hybridized carbons (Fsp3) is 0. The standard InChI is InChI=1S/C12H6Cl4/c13-8-1-2-11(12(16)6-8)7-3-9(14)5-10(15)4-7/h1-6H. The van der Waals surface area contributed by atoms with Gasteiger partial charge in [-0.05, 0) is 35.9 Å². The number of hydrogen-bond donors (Lipinski definition) is 0. The van der Waals surface area contributed by atoms with Gasteiger partial charge in [0, 0.05) is 25.7 Å². The number of benzene rings is 2. The first kappa shape index (κ1) is 12.1. The summed E-state index contributed by atoms with van der Waals surface area (Å²) in [7, 11) is 0. The highest BCUT2D eigenvalue weighted by atomic mass is 35.5. The van der Waals surface area contributed by atoms with E-state index in [4.69, 9.17) is 46.4 Å². The molecule has 0 bridgehead atoms. The predicted octanol–water partition coefficient (Wildman–Crippen LogP) is 5.97. The lowest BCUT2D eigenvalue weighted by Gasteiger charge is -2.06. The van der Waals surface area contributed by atoms with Gasteiger partial charge < -0.3 is 0 Å². The third kappa shape index (κ3) is 2.64. The second-order valence-corrected chi connectivity index (χ2v) is 5.00. The Bertz CT molecular complexity index is 514. The van der Waals surface area contributed by atoms with Crippen LogP contribution in [0.1, 0.15) is 0 Å². The first-order chi connectivity index (χ1) is 7.56. The zero-order valence-electron chi connectivity index (χ0n) is 7.98. The molecule has 82 valence electrons. The van der Waals surface area contributed by atoms with Gasteiger partial charge in [0.25, 0.3) is 0 Å². The lowest BCUT2D eigenvalue weighted by atomic mass is 10.1. The highest BCUT2D eigenvalue weighted by molar-refractivity contribution is 6.37. The largest absolute Gasteiger partial charge is 0.0843 e. The van der Waals surface area contributed by atoms with Crippen molar-refractivity contribution in [2.45, 2.75) is 0 Å². The molecule has 16 heavy (non-hydrogen) atoms. The molecule has 0 atom stereocenters. The van der Waals surface area contributed by atoms with E-state index < -0.39 is 0 Å². The van der Waals surface area contributed by atoms with Crippen LogP contribution in [0.25, 0.3) is 11.1 Å². The van der Waals surface area contributed by atoms with Crippen LogP contribution >= 0.6 is 46.4 Å². The molecule has 0 fully saturated rings. The van der Waals surface area contributed by atoms with Crippen molar-refractivity contribution >= 4 is 46.4 Å². The van der Waals surface area contributed by atoms with Crippen LogP contribution in [-0.2, 0) is 0 Å². The first-order valence-electron chi connectivity index (χ1n) is 4.48. The zero-order valence-corrected chi connectivity index (χ0v) is 11.0. The van der Waals surface area contributed by atoms with Gasteiger partial charge in [0.1, 0.15) is 0 Å². The summed E-state index contributed by atoms with van der Waals surface area (Å²) in [5, 5.41) is 2.33. The van der Waals surface area contributed by atoms with Crippen molar-refractivity contribution in [3.05, 3.63) is 56.5 Å². The van der Waals surface area contributed by atoms with Crippen LogP contribution in [0.15, 0.2) is 36.4 Å². The van der Waals surface area contributed by atoms with Crippen LogP contribution in [0.2, 0.25) is 20.1 Å². The van der Waals surface area contributed by atoms with Gasteiger partial charge in [0.05, 0.1) is 0 Å². The summed E-state index contributed by atoms with van der Waals surface area (Å²) < 4.78 is 0. The second-order valence-electron chi connectivity index (χ2n) is 3.28. The Hall–Kier alpha value is -0.400. The van der Waals surface area contributed by atoms with Crippen molar-refractivity contribution in [1.29, 1.82) is 0 Å². The number of halogens is 4. The van der Waals surface area contributed by atoms with Gasteiger partial charge in [-0.2, -0.15) is 0 Å². The summed E-state index contributed by atoms with van der Waals surface area (Å²) in [4.78, 5) is 0. The molecule has 2 rings (SSSR count). The zero-order chi connectivity index (χ0) is 11.7. The molecular formula is C12H6Cl4. The SMILES string of the molecule is Clc1cc(Cl)cc(-c2ccc(Cl)cc2Cl)c1. The van der Waals surface area contributed by atoms with E-state index in [9.17, 15) is 0 Å². The van der Waals surface area contributed by atoms with Crippen LogP contribution in [0.3, 0.4) is 0 Å². The molecule has 0 spiro atoms. The van der Waals surface area contributed by atoms with Gasteiger partial charge in [0.15, 0.2) is 0 Å². The summed E-state index contributed by atoms with van der Waals surface area (Å²) in [6, 6.07) is 10.6. The van der Waals surface area contributed by atoms with E-state index >= 15 is 0 Å². The number of hydrogen-bond acceptors (Lipinski definition) is 0. The van der Waals surface area contributed by atoms with E-state index in [-0.39, 0.29) is 0 Å². The molecule has 0 aliphatic rings. The quantitative estimate of drug-likeness (QED) is 0.607. The van der Waals surface area contributed by atoms with Gasteiger partial charge in [-0.25, -0.2) is 0 Å². The molecule has 0 saturated heterocycles. The van der Waals surface area contributed by atoms with Crippen molar-refractivity contribution in [3.8, 4) is 11.1 Å².